The van der Waals surface area contributed by atoms with E-state index in [9.17, 15) is 21.6 Å². The van der Waals surface area contributed by atoms with Crippen molar-refractivity contribution in [1.29, 1.82) is 0 Å². The van der Waals surface area contributed by atoms with E-state index in [-0.39, 0.29) is 5.65 Å². The molecule has 0 aliphatic carbocycles. The van der Waals surface area contributed by atoms with Crippen LogP contribution in [0.25, 0.3) is 11.2 Å². The maximum absolute atomic E-state index is 10.7. The van der Waals surface area contributed by atoms with Crippen LogP contribution >= 0.6 is 0 Å². The van der Waals surface area contributed by atoms with E-state index in [1.165, 1.54) is 11.1 Å². The number of imidazole rings is 1. The van der Waals surface area contributed by atoms with E-state index in [2.05, 4.69) is 9.97 Å². The summed E-state index contributed by atoms with van der Waals surface area (Å²) in [5.74, 6) is 0. The number of amides is 1. The largest absolute Gasteiger partial charge is 0.366 e. The molecule has 0 aromatic carbocycles. The number of hydrogen-bond acceptors (Lipinski definition) is 7. The van der Waals surface area contributed by atoms with Gasteiger partial charge in [-0.1, -0.05) is 0 Å². The first kappa shape index (κ1) is 20.9. The lowest BCUT2D eigenvalue weighted by molar-refractivity contribution is -0.115. The van der Waals surface area contributed by atoms with E-state index >= 15 is 0 Å². The molecule has 0 saturated carbocycles. The molecule has 2 aromatic heterocycles. The molecule has 130 valence electrons. The third-order valence-electron chi connectivity index (χ3n) is 1.74. The number of carbonyl (C=O) groups excluding carboxylic acids is 1. The number of pyridine rings is 1. The summed E-state index contributed by atoms with van der Waals surface area (Å²) in [5.41, 5.74) is 0.533. The Hall–Kier alpha value is -2.09. The Morgan fingerprint density at radius 2 is 1.65 bits per heavy atom. The molecule has 0 spiro atoms. The lowest BCUT2D eigenvalue weighted by Crippen LogP contribution is -2.09. The highest BCUT2D eigenvalue weighted by Crippen LogP contribution is 2.09. The van der Waals surface area contributed by atoms with Crippen LogP contribution in [0.3, 0.4) is 0 Å². The van der Waals surface area contributed by atoms with E-state index in [1.54, 1.807) is 26.2 Å². The molecule has 2 heterocycles. The molecule has 0 aliphatic heterocycles. The van der Waals surface area contributed by atoms with Gasteiger partial charge in [-0.25, -0.2) is 9.97 Å². The quantitative estimate of drug-likeness (QED) is 0.515. The van der Waals surface area contributed by atoms with Gasteiger partial charge in [0.1, 0.15) is 11.8 Å². The normalized spacial score (nSPS) is 10.8. The minimum absolute atomic E-state index is 0.116. The van der Waals surface area contributed by atoms with Crippen molar-refractivity contribution < 1.29 is 30.7 Å². The van der Waals surface area contributed by atoms with Gasteiger partial charge in [-0.2, -0.15) is 20.8 Å². The van der Waals surface area contributed by atoms with Crippen molar-refractivity contribution >= 4 is 38.0 Å². The summed E-state index contributed by atoms with van der Waals surface area (Å²) in [4.78, 5) is 18.4. The summed E-state index contributed by atoms with van der Waals surface area (Å²) in [6.07, 6.45) is 3.89. The number of rotatable bonds is 2. The van der Waals surface area contributed by atoms with Crippen molar-refractivity contribution in [2.24, 2.45) is 0 Å². The molecule has 0 aliphatic rings. The van der Waals surface area contributed by atoms with E-state index in [1.807, 2.05) is 0 Å². The molecule has 1 amide bonds. The van der Waals surface area contributed by atoms with Crippen LogP contribution in [0.2, 0.25) is 0 Å². The zero-order valence-corrected chi connectivity index (χ0v) is 14.1. The maximum Gasteiger partial charge on any atom is 0.366 e. The first-order valence-electron chi connectivity index (χ1n) is 5.66. The number of fused-ring (bicyclic) bond motifs is 1. The lowest BCUT2D eigenvalue weighted by atomic mass is 10.4. The molecule has 0 unspecified atom stereocenters. The van der Waals surface area contributed by atoms with Crippen molar-refractivity contribution in [3.05, 3.63) is 24.7 Å². The van der Waals surface area contributed by atoms with Crippen LogP contribution < -0.4 is 0 Å². The first-order valence-corrected chi connectivity index (χ1v) is 8.91. The van der Waals surface area contributed by atoms with Crippen molar-refractivity contribution in [2.45, 2.75) is 0 Å². The van der Waals surface area contributed by atoms with Gasteiger partial charge in [0.2, 0.25) is 6.41 Å². The van der Waals surface area contributed by atoms with Crippen LogP contribution in [-0.4, -0.2) is 71.5 Å². The number of hydrogen-bond donors (Lipinski definition) is 2. The summed E-state index contributed by atoms with van der Waals surface area (Å²) < 4.78 is 56.7. The van der Waals surface area contributed by atoms with Crippen LogP contribution in [0.1, 0.15) is 0 Å². The zero-order chi connectivity index (χ0) is 18.3. The molecule has 2 N–H and O–H groups in total. The van der Waals surface area contributed by atoms with Gasteiger partial charge in [0.25, 0.3) is 10.1 Å². The average molecular weight is 368 g/mol. The highest BCUT2D eigenvalue weighted by Gasteiger charge is 2.12. The van der Waals surface area contributed by atoms with Crippen LogP contribution in [0.4, 0.5) is 0 Å². The van der Waals surface area contributed by atoms with Gasteiger partial charge in [0, 0.05) is 20.3 Å². The average Bonchev–Trinajstić information content (AvgIpc) is 2.81. The third kappa shape index (κ3) is 9.51. The Morgan fingerprint density at radius 1 is 1.17 bits per heavy atom. The zero-order valence-electron chi connectivity index (χ0n) is 12.4. The summed E-state index contributed by atoms with van der Waals surface area (Å²) >= 11 is 0. The van der Waals surface area contributed by atoms with E-state index in [0.717, 1.165) is 12.7 Å². The minimum Gasteiger partial charge on any atom is -0.351 e. The first-order chi connectivity index (χ1) is 10.4. The standard InChI is InChI=1S/C6H5N3O3S.C3H7NO.CH4O3S/c10-13(11,12)9-4-8-5-2-1-3-7-6(5)9;1-4(2)3-5;1-5(2,3)4/h1-4H,(H,10,11,12);3H,1-2H3;1H3,(H,2,3,4). The van der Waals surface area contributed by atoms with Crippen LogP contribution in [0, 0.1) is 0 Å². The van der Waals surface area contributed by atoms with E-state index < -0.39 is 20.4 Å². The number of nitrogens with zero attached hydrogens (tertiary/aromatic N) is 4. The predicted molar refractivity (Wildman–Crippen MR) is 81.7 cm³/mol. The van der Waals surface area contributed by atoms with Gasteiger partial charge in [-0.05, 0) is 12.1 Å². The summed E-state index contributed by atoms with van der Waals surface area (Å²) in [6, 6.07) is 3.23. The molecule has 13 heteroatoms. The smallest absolute Gasteiger partial charge is 0.351 e. The highest BCUT2D eigenvalue weighted by atomic mass is 32.2. The predicted octanol–water partition coefficient (Wildman–Crippen LogP) is -0.709. The molecule has 0 bridgehead atoms. The molecule has 11 nitrogen and oxygen atoms in total. The highest BCUT2D eigenvalue weighted by molar-refractivity contribution is 7.85. The molecular formula is C10H16N4O7S2. The van der Waals surface area contributed by atoms with Gasteiger partial charge in [-0.15, -0.1) is 0 Å². The Kier molecular flexibility index (Phi) is 7.74. The number of aromatic nitrogens is 3. The number of carbonyl (C=O) groups is 1. The van der Waals surface area contributed by atoms with Crippen molar-refractivity contribution in [1.82, 2.24) is 18.8 Å². The molecule has 0 fully saturated rings. The second kappa shape index (κ2) is 8.52. The molecular weight excluding hydrogens is 352 g/mol. The third-order valence-corrected chi connectivity index (χ3v) is 2.50. The molecule has 23 heavy (non-hydrogen) atoms. The molecule has 2 aromatic rings. The summed E-state index contributed by atoms with van der Waals surface area (Å²) in [5, 5.41) is 0. The van der Waals surface area contributed by atoms with Crippen LogP contribution in [0.15, 0.2) is 24.7 Å². The fraction of sp³-hybridized carbons (Fsp3) is 0.300. The fourth-order valence-electron chi connectivity index (χ4n) is 0.997. The molecule has 0 radical (unpaired) electrons. The van der Waals surface area contributed by atoms with Gasteiger partial charge < -0.3 is 4.90 Å². The lowest BCUT2D eigenvalue weighted by Gasteiger charge is -1.95. The monoisotopic (exact) mass is 368 g/mol. The Labute approximate surface area is 133 Å². The Balaban J connectivity index is 0.000000406. The Bertz CT molecular complexity index is 835. The topological polar surface area (TPSA) is 160 Å². The van der Waals surface area contributed by atoms with Gasteiger partial charge in [0.15, 0.2) is 5.65 Å². The Morgan fingerprint density at radius 3 is 2.04 bits per heavy atom. The SMILES string of the molecule is CN(C)C=O.CS(=O)(=O)O.O=S(=O)(O)n1cnc2cccnc21. The summed E-state index contributed by atoms with van der Waals surface area (Å²) in [6.45, 7) is 0. The fourth-order valence-corrected chi connectivity index (χ4v) is 1.52. The van der Waals surface area contributed by atoms with Crippen molar-refractivity contribution in [3.63, 3.8) is 0 Å². The van der Waals surface area contributed by atoms with Crippen molar-refractivity contribution in [2.75, 3.05) is 20.4 Å². The van der Waals surface area contributed by atoms with Gasteiger partial charge >= 0.3 is 10.3 Å². The van der Waals surface area contributed by atoms with Crippen LogP contribution in [-0.2, 0) is 25.2 Å². The summed E-state index contributed by atoms with van der Waals surface area (Å²) in [7, 11) is -4.59. The maximum atomic E-state index is 10.7. The molecule has 0 saturated heterocycles. The van der Waals surface area contributed by atoms with Gasteiger partial charge in [-0.3, -0.25) is 13.9 Å². The van der Waals surface area contributed by atoms with E-state index in [0.29, 0.717) is 15.7 Å². The van der Waals surface area contributed by atoms with Gasteiger partial charge in [0.05, 0.1) is 6.26 Å². The van der Waals surface area contributed by atoms with E-state index in [4.69, 9.17) is 9.11 Å². The molecule has 0 atom stereocenters. The van der Waals surface area contributed by atoms with Crippen LogP contribution in [0.5, 0.6) is 0 Å². The second-order valence-electron chi connectivity index (χ2n) is 4.17. The van der Waals surface area contributed by atoms with Crippen molar-refractivity contribution in [3.8, 4) is 0 Å². The second-order valence-corrected chi connectivity index (χ2v) is 6.92. The molecule has 2 rings (SSSR count). The minimum atomic E-state index is -4.29.